The van der Waals surface area contributed by atoms with Crippen LogP contribution in [-0.2, 0) is 6.42 Å². The van der Waals surface area contributed by atoms with E-state index in [0.29, 0.717) is 5.37 Å². The molecule has 0 bridgehead atoms. The molecule has 0 aliphatic carbocycles. The molecule has 1 unspecified atom stereocenters. The molecular weight excluding hydrogens is 386 g/mol. The van der Waals surface area contributed by atoms with Crippen LogP contribution >= 0.6 is 11.8 Å². The maximum atomic E-state index is 13.6. The van der Waals surface area contributed by atoms with Crippen LogP contribution in [0.25, 0.3) is 16.5 Å². The van der Waals surface area contributed by atoms with Crippen LogP contribution in [-0.4, -0.2) is 28.3 Å². The quantitative estimate of drug-likeness (QED) is 0.459. The summed E-state index contributed by atoms with van der Waals surface area (Å²) in [4.78, 5) is 6.99. The lowest BCUT2D eigenvalue weighted by atomic mass is 9.95. The fourth-order valence-corrected chi connectivity index (χ4v) is 5.23. The molecule has 0 saturated carbocycles. The molecule has 2 aromatic carbocycles. The van der Waals surface area contributed by atoms with Crippen molar-refractivity contribution >= 4 is 28.2 Å². The topological polar surface area (TPSA) is 19.0 Å². The molecule has 5 heteroatoms. The first-order valence-corrected chi connectivity index (χ1v) is 11.1. The summed E-state index contributed by atoms with van der Waals surface area (Å²) in [6.07, 6.45) is 5.21. The third-order valence-electron chi connectivity index (χ3n) is 5.60. The van der Waals surface area contributed by atoms with Gasteiger partial charge in [0.2, 0.25) is 0 Å². The maximum absolute atomic E-state index is 13.6. The molecule has 1 aliphatic rings. The van der Waals surface area contributed by atoms with Crippen molar-refractivity contribution in [2.75, 3.05) is 13.1 Å². The fourth-order valence-electron chi connectivity index (χ4n) is 4.12. The Morgan fingerprint density at radius 1 is 1.07 bits per heavy atom. The summed E-state index contributed by atoms with van der Waals surface area (Å²) >= 11 is 1.80. The molecule has 1 aromatic heterocycles. The second kappa shape index (κ2) is 8.72. The number of benzene rings is 2. The molecule has 0 saturated heterocycles. The van der Waals surface area contributed by atoms with E-state index in [1.54, 1.807) is 23.9 Å². The Labute approximate surface area is 175 Å². The summed E-state index contributed by atoms with van der Waals surface area (Å²) in [5.74, 6) is -0.404. The van der Waals surface area contributed by atoms with Gasteiger partial charge in [-0.1, -0.05) is 19.9 Å². The highest BCUT2D eigenvalue weighted by Crippen LogP contribution is 2.35. The third-order valence-corrected chi connectivity index (χ3v) is 7.04. The Kier molecular flexibility index (Phi) is 6.07. The highest BCUT2D eigenvalue weighted by atomic mass is 32.2. The highest BCUT2D eigenvalue weighted by Gasteiger charge is 2.23. The summed E-state index contributed by atoms with van der Waals surface area (Å²) in [7, 11) is 0. The number of hydrogen-bond acceptors (Lipinski definition) is 2. The van der Waals surface area contributed by atoms with E-state index >= 15 is 0 Å². The van der Waals surface area contributed by atoms with Crippen molar-refractivity contribution in [3.8, 4) is 0 Å². The predicted molar refractivity (Wildman–Crippen MR) is 118 cm³/mol. The number of halogens is 2. The van der Waals surface area contributed by atoms with E-state index in [1.807, 2.05) is 18.2 Å². The number of thioether (sulfide) groups is 1. The number of H-pyrrole nitrogens is 1. The molecule has 3 aromatic rings. The molecule has 4 rings (SSSR count). The van der Waals surface area contributed by atoms with Gasteiger partial charge in [0.1, 0.15) is 11.6 Å². The maximum Gasteiger partial charge on any atom is 0.125 e. The normalized spacial score (nSPS) is 16.2. The lowest BCUT2D eigenvalue weighted by molar-refractivity contribution is 0.277. The van der Waals surface area contributed by atoms with Crippen molar-refractivity contribution in [1.29, 1.82) is 0 Å². The minimum Gasteiger partial charge on any atom is -0.358 e. The number of aromatic nitrogens is 1. The Hall–Kier alpha value is -2.11. The van der Waals surface area contributed by atoms with Gasteiger partial charge in [0.15, 0.2) is 0 Å². The highest BCUT2D eigenvalue weighted by molar-refractivity contribution is 7.99. The second-order valence-electron chi connectivity index (χ2n) is 7.43. The van der Waals surface area contributed by atoms with E-state index in [4.69, 9.17) is 0 Å². The molecule has 1 N–H and O–H groups in total. The zero-order valence-corrected chi connectivity index (χ0v) is 17.7. The van der Waals surface area contributed by atoms with Crippen molar-refractivity contribution in [3.05, 3.63) is 71.4 Å². The average molecular weight is 413 g/mol. The molecule has 0 amide bonds. The van der Waals surface area contributed by atoms with Gasteiger partial charge < -0.3 is 4.98 Å². The van der Waals surface area contributed by atoms with Gasteiger partial charge in [0.25, 0.3) is 0 Å². The van der Waals surface area contributed by atoms with Crippen LogP contribution in [0, 0.1) is 11.6 Å². The smallest absolute Gasteiger partial charge is 0.125 e. The van der Waals surface area contributed by atoms with Gasteiger partial charge in [-0.05, 0) is 67.3 Å². The Balaban J connectivity index is 1.54. The standard InChI is InChI=1S/C24H26F2N2S/c1-3-21-24(20-10-7-18(26)15-22(20)27-21)16-11-13-28(14-12-16)23(4-2)29-19-8-5-17(25)6-9-19/h5-11,15,23,27H,3-4,12-14H2,1-2H3. The molecule has 2 nitrogen and oxygen atoms in total. The average Bonchev–Trinajstić information content (AvgIpc) is 3.11. The Morgan fingerprint density at radius 2 is 1.83 bits per heavy atom. The van der Waals surface area contributed by atoms with Gasteiger partial charge in [-0.2, -0.15) is 0 Å². The molecule has 0 fully saturated rings. The third kappa shape index (κ3) is 4.26. The summed E-state index contributed by atoms with van der Waals surface area (Å²) in [5.41, 5.74) is 4.65. The van der Waals surface area contributed by atoms with Crippen molar-refractivity contribution in [3.63, 3.8) is 0 Å². The molecule has 29 heavy (non-hydrogen) atoms. The number of aromatic amines is 1. The first-order chi connectivity index (χ1) is 14.1. The van der Waals surface area contributed by atoms with Crippen molar-refractivity contribution in [2.24, 2.45) is 0 Å². The zero-order chi connectivity index (χ0) is 20.4. The lowest BCUT2D eigenvalue weighted by Crippen LogP contribution is -2.36. The minimum atomic E-state index is -0.208. The van der Waals surface area contributed by atoms with E-state index in [-0.39, 0.29) is 11.6 Å². The molecule has 0 spiro atoms. The number of nitrogens with zero attached hydrogens (tertiary/aromatic N) is 1. The molecule has 2 heterocycles. The first-order valence-electron chi connectivity index (χ1n) is 10.2. The number of aryl methyl sites for hydroxylation is 1. The molecule has 1 atom stereocenters. The zero-order valence-electron chi connectivity index (χ0n) is 16.8. The molecule has 0 radical (unpaired) electrons. The monoisotopic (exact) mass is 412 g/mol. The molecule has 152 valence electrons. The first kappa shape index (κ1) is 20.2. The van der Waals surface area contributed by atoms with Crippen molar-refractivity contribution in [1.82, 2.24) is 9.88 Å². The Morgan fingerprint density at radius 3 is 2.48 bits per heavy atom. The number of rotatable bonds is 6. The van der Waals surface area contributed by atoms with E-state index in [0.717, 1.165) is 48.2 Å². The van der Waals surface area contributed by atoms with Crippen molar-refractivity contribution < 1.29 is 8.78 Å². The van der Waals surface area contributed by atoms with Crippen LogP contribution in [0.1, 0.15) is 37.9 Å². The van der Waals surface area contributed by atoms with E-state index in [9.17, 15) is 8.78 Å². The summed E-state index contributed by atoms with van der Waals surface area (Å²) < 4.78 is 26.8. The largest absolute Gasteiger partial charge is 0.358 e. The predicted octanol–water partition coefficient (Wildman–Crippen LogP) is 6.63. The van der Waals surface area contributed by atoms with Crippen LogP contribution in [0.4, 0.5) is 8.78 Å². The van der Waals surface area contributed by atoms with Gasteiger partial charge in [0.05, 0.1) is 5.37 Å². The van der Waals surface area contributed by atoms with E-state index in [2.05, 4.69) is 29.8 Å². The number of fused-ring (bicyclic) bond motifs is 1. The van der Waals surface area contributed by atoms with Gasteiger partial charge >= 0.3 is 0 Å². The molecule has 1 aliphatic heterocycles. The van der Waals surface area contributed by atoms with Gasteiger partial charge in [-0.3, -0.25) is 4.90 Å². The summed E-state index contributed by atoms with van der Waals surface area (Å²) in [5, 5.41) is 1.47. The van der Waals surface area contributed by atoms with Crippen LogP contribution in [0.5, 0.6) is 0 Å². The Bertz CT molecular complexity index is 1020. The minimum absolute atomic E-state index is 0.196. The van der Waals surface area contributed by atoms with Gasteiger partial charge in [-0.25, -0.2) is 8.78 Å². The molecular formula is C24H26F2N2S. The number of hydrogen-bond donors (Lipinski definition) is 1. The summed E-state index contributed by atoms with van der Waals surface area (Å²) in [6, 6.07) is 11.8. The summed E-state index contributed by atoms with van der Waals surface area (Å²) in [6.45, 7) is 6.20. The van der Waals surface area contributed by atoms with E-state index < -0.39 is 0 Å². The number of nitrogens with one attached hydrogen (secondary N) is 1. The van der Waals surface area contributed by atoms with Crippen LogP contribution in [0.15, 0.2) is 53.4 Å². The van der Waals surface area contributed by atoms with E-state index in [1.165, 1.54) is 29.0 Å². The van der Waals surface area contributed by atoms with Gasteiger partial charge in [0, 0.05) is 40.1 Å². The fraction of sp³-hybridized carbons (Fsp3) is 0.333. The van der Waals surface area contributed by atoms with Crippen LogP contribution < -0.4 is 0 Å². The van der Waals surface area contributed by atoms with Crippen LogP contribution in [0.2, 0.25) is 0 Å². The lowest BCUT2D eigenvalue weighted by Gasteiger charge is -2.33. The second-order valence-corrected chi connectivity index (χ2v) is 8.68. The van der Waals surface area contributed by atoms with Crippen molar-refractivity contribution in [2.45, 2.75) is 43.4 Å². The SMILES string of the molecule is CCc1[nH]c2cc(F)ccc2c1C1=CCN(C(CC)Sc2ccc(F)cc2)CC1. The van der Waals surface area contributed by atoms with Crippen LogP contribution in [0.3, 0.4) is 0 Å². The van der Waals surface area contributed by atoms with Gasteiger partial charge in [-0.15, -0.1) is 11.8 Å².